The first-order chi connectivity index (χ1) is 10.4. The molecule has 0 spiro atoms. The third-order valence-electron chi connectivity index (χ3n) is 5.11. The second-order valence-corrected chi connectivity index (χ2v) is 7.56. The Balaban J connectivity index is 0.00000264. The van der Waals surface area contributed by atoms with Crippen LogP contribution in [0.4, 0.5) is 0 Å². The zero-order valence-electron chi connectivity index (χ0n) is 15.0. The Bertz CT molecular complexity index is 371. The minimum atomic E-state index is 0. The van der Waals surface area contributed by atoms with Crippen LogP contribution in [0.3, 0.4) is 0 Å². The van der Waals surface area contributed by atoms with E-state index in [1.807, 2.05) is 0 Å². The lowest BCUT2D eigenvalue weighted by atomic mass is 10.4. The van der Waals surface area contributed by atoms with Gasteiger partial charge in [0.25, 0.3) is 11.8 Å². The number of amides is 2. The smallest absolute Gasteiger partial charge is 0.275 e. The summed E-state index contributed by atoms with van der Waals surface area (Å²) >= 11 is 0. The first kappa shape index (κ1) is 24.3. The molecule has 2 saturated heterocycles. The summed E-state index contributed by atoms with van der Waals surface area (Å²) in [4.78, 5) is 23.9. The summed E-state index contributed by atoms with van der Waals surface area (Å²) in [6.45, 7) is 6.55. The number of likely N-dealkylation sites (N-methyl/N-ethyl adjacent to an activating group) is 2. The molecule has 24 heavy (non-hydrogen) atoms. The molecule has 2 heterocycles. The second kappa shape index (κ2) is 11.1. The molecule has 0 bridgehead atoms. The van der Waals surface area contributed by atoms with E-state index in [2.05, 4.69) is 24.7 Å². The maximum atomic E-state index is 11.9. The molecule has 8 heteroatoms. The fraction of sp³-hybridized carbons (Fsp3) is 0.875. The Morgan fingerprint density at radius 3 is 1.29 bits per heavy atom. The monoisotopic (exact) mass is 566 g/mol. The predicted octanol–water partition coefficient (Wildman–Crippen LogP) is -6.29. The average Bonchev–Trinajstić information content (AvgIpc) is 3.04. The van der Waals surface area contributed by atoms with Crippen LogP contribution in [0.15, 0.2) is 0 Å². The lowest BCUT2D eigenvalue weighted by Crippen LogP contribution is -3.00. The van der Waals surface area contributed by atoms with E-state index < -0.39 is 0 Å². The molecule has 2 aliphatic rings. The number of nitrogens with one attached hydrogen (secondary N) is 2. The van der Waals surface area contributed by atoms with Gasteiger partial charge in [0, 0.05) is 38.8 Å². The van der Waals surface area contributed by atoms with Gasteiger partial charge >= 0.3 is 0 Å². The number of carbonyl (C=O) groups excluding carboxylic acids is 2. The van der Waals surface area contributed by atoms with Gasteiger partial charge in [-0.25, -0.2) is 0 Å². The molecular formula is C16H32I2N4O2. The van der Waals surface area contributed by atoms with Crippen molar-refractivity contribution in [1.29, 1.82) is 0 Å². The molecule has 6 nitrogen and oxygen atoms in total. The standard InChI is InChI=1S/C16H30N4O2.2HI/c1-19(9-3-4-10-19)13-15(21)17-7-8-18-16(22)14-20(2)11-5-6-12-20;;/h3-14H2,1-2H3;2*1H. The van der Waals surface area contributed by atoms with Gasteiger partial charge in [0.05, 0.1) is 40.3 Å². The van der Waals surface area contributed by atoms with Crippen LogP contribution in [0.1, 0.15) is 25.7 Å². The number of rotatable bonds is 7. The summed E-state index contributed by atoms with van der Waals surface area (Å²) in [6.07, 6.45) is 4.88. The Morgan fingerprint density at radius 2 is 1.00 bits per heavy atom. The first-order valence-corrected chi connectivity index (χ1v) is 8.61. The molecule has 2 rings (SSSR count). The van der Waals surface area contributed by atoms with Crippen molar-refractivity contribution in [3.05, 3.63) is 0 Å². The molecule has 0 atom stereocenters. The van der Waals surface area contributed by atoms with Crippen molar-refractivity contribution >= 4 is 11.8 Å². The van der Waals surface area contributed by atoms with Gasteiger partial charge in [0.1, 0.15) is 0 Å². The molecule has 142 valence electrons. The summed E-state index contributed by atoms with van der Waals surface area (Å²) in [5.74, 6) is 0.189. The van der Waals surface area contributed by atoms with Crippen molar-refractivity contribution in [1.82, 2.24) is 10.6 Å². The van der Waals surface area contributed by atoms with Gasteiger partial charge in [0.2, 0.25) is 0 Å². The van der Waals surface area contributed by atoms with Crippen LogP contribution in [0.2, 0.25) is 0 Å². The molecule has 0 saturated carbocycles. The maximum Gasteiger partial charge on any atom is 0.275 e. The highest BCUT2D eigenvalue weighted by Crippen LogP contribution is 2.16. The third-order valence-corrected chi connectivity index (χ3v) is 5.11. The van der Waals surface area contributed by atoms with Crippen molar-refractivity contribution in [3.63, 3.8) is 0 Å². The van der Waals surface area contributed by atoms with E-state index in [9.17, 15) is 9.59 Å². The van der Waals surface area contributed by atoms with Crippen LogP contribution in [0.5, 0.6) is 0 Å². The number of quaternary nitrogens is 2. The highest BCUT2D eigenvalue weighted by molar-refractivity contribution is 5.78. The van der Waals surface area contributed by atoms with Crippen LogP contribution in [-0.4, -0.2) is 87.2 Å². The number of likely N-dealkylation sites (tertiary alicyclic amines) is 2. The molecule has 0 aromatic rings. The molecule has 0 unspecified atom stereocenters. The number of nitrogens with zero attached hydrogens (tertiary/aromatic N) is 2. The predicted molar refractivity (Wildman–Crippen MR) is 86.1 cm³/mol. The van der Waals surface area contributed by atoms with Gasteiger partial charge in [0.15, 0.2) is 13.1 Å². The highest BCUT2D eigenvalue weighted by atomic mass is 127. The Kier molecular flexibility index (Phi) is 11.3. The van der Waals surface area contributed by atoms with E-state index in [4.69, 9.17) is 0 Å². The minimum Gasteiger partial charge on any atom is -1.00 e. The summed E-state index contributed by atoms with van der Waals surface area (Å²) in [5.41, 5.74) is 0. The van der Waals surface area contributed by atoms with Crippen molar-refractivity contribution in [3.8, 4) is 0 Å². The van der Waals surface area contributed by atoms with E-state index in [0.717, 1.165) is 35.1 Å². The van der Waals surface area contributed by atoms with Crippen molar-refractivity contribution in [2.75, 3.05) is 66.5 Å². The van der Waals surface area contributed by atoms with Crippen LogP contribution in [0, 0.1) is 0 Å². The van der Waals surface area contributed by atoms with E-state index in [1.165, 1.54) is 25.7 Å². The fourth-order valence-electron chi connectivity index (χ4n) is 3.72. The van der Waals surface area contributed by atoms with E-state index in [1.54, 1.807) is 0 Å². The number of carbonyl (C=O) groups is 2. The van der Waals surface area contributed by atoms with Crippen LogP contribution in [-0.2, 0) is 9.59 Å². The topological polar surface area (TPSA) is 58.2 Å². The number of hydrogen-bond donors (Lipinski definition) is 2. The number of hydrogen-bond acceptors (Lipinski definition) is 2. The Hall–Kier alpha value is 0.320. The molecule has 2 aliphatic heterocycles. The molecule has 0 aromatic carbocycles. The van der Waals surface area contributed by atoms with E-state index in [-0.39, 0.29) is 59.8 Å². The Morgan fingerprint density at radius 1 is 0.708 bits per heavy atom. The molecule has 2 fully saturated rings. The maximum absolute atomic E-state index is 11.9. The molecule has 2 amide bonds. The SMILES string of the molecule is C[N+]1(CC(=O)NCCNC(=O)C[N+]2(C)CCCC2)CCCC1.[I-].[I-]. The third kappa shape index (κ3) is 8.13. The van der Waals surface area contributed by atoms with Gasteiger partial charge in [-0.15, -0.1) is 0 Å². The zero-order valence-corrected chi connectivity index (χ0v) is 19.3. The molecule has 0 radical (unpaired) electrons. The van der Waals surface area contributed by atoms with Gasteiger partial charge < -0.3 is 67.6 Å². The van der Waals surface area contributed by atoms with Crippen molar-refractivity contribution in [2.45, 2.75) is 25.7 Å². The quantitative estimate of drug-likeness (QED) is 0.183. The van der Waals surface area contributed by atoms with Gasteiger partial charge in [-0.2, -0.15) is 0 Å². The van der Waals surface area contributed by atoms with Gasteiger partial charge in [-0.1, -0.05) is 0 Å². The number of halogens is 2. The molecule has 0 aromatic heterocycles. The normalized spacial score (nSPS) is 20.6. The molecule has 0 aliphatic carbocycles. The molecule has 2 N–H and O–H groups in total. The lowest BCUT2D eigenvalue weighted by molar-refractivity contribution is -0.889. The lowest BCUT2D eigenvalue weighted by Gasteiger charge is -2.28. The van der Waals surface area contributed by atoms with Gasteiger partial charge in [-0.3, -0.25) is 9.59 Å². The summed E-state index contributed by atoms with van der Waals surface area (Å²) < 4.78 is 1.71. The average molecular weight is 566 g/mol. The minimum absolute atomic E-state index is 0. The van der Waals surface area contributed by atoms with E-state index >= 15 is 0 Å². The van der Waals surface area contributed by atoms with E-state index in [0.29, 0.717) is 26.2 Å². The van der Waals surface area contributed by atoms with Crippen molar-refractivity contribution < 1.29 is 66.5 Å². The highest BCUT2D eigenvalue weighted by Gasteiger charge is 2.30. The van der Waals surface area contributed by atoms with Crippen LogP contribution >= 0.6 is 0 Å². The van der Waals surface area contributed by atoms with Crippen molar-refractivity contribution in [2.24, 2.45) is 0 Å². The second-order valence-electron chi connectivity index (χ2n) is 7.56. The first-order valence-electron chi connectivity index (χ1n) is 8.61. The summed E-state index contributed by atoms with van der Waals surface area (Å²) in [5, 5.41) is 5.84. The summed E-state index contributed by atoms with van der Waals surface area (Å²) in [6, 6.07) is 0. The fourth-order valence-corrected chi connectivity index (χ4v) is 3.72. The van der Waals surface area contributed by atoms with Crippen LogP contribution < -0.4 is 58.6 Å². The largest absolute Gasteiger partial charge is 1.00 e. The van der Waals surface area contributed by atoms with Crippen LogP contribution in [0.25, 0.3) is 0 Å². The zero-order chi connectivity index (χ0) is 16.1. The Labute approximate surface area is 180 Å². The summed E-state index contributed by atoms with van der Waals surface area (Å²) in [7, 11) is 4.29. The molecular weight excluding hydrogens is 534 g/mol. The van der Waals surface area contributed by atoms with Gasteiger partial charge in [-0.05, 0) is 0 Å².